The number of aliphatic hydroxyl groups is 1. The van der Waals surface area contributed by atoms with Gasteiger partial charge in [-0.2, -0.15) is 0 Å². The van der Waals surface area contributed by atoms with Crippen LogP contribution in [0.25, 0.3) is 5.76 Å². The number of ketones is 1. The Balaban J connectivity index is 1.65. The monoisotopic (exact) mass is 455 g/mol. The molecule has 1 saturated heterocycles. The number of hydrogen-bond acceptors (Lipinski definition) is 6. The highest BCUT2D eigenvalue weighted by atomic mass is 16.5. The van der Waals surface area contributed by atoms with Crippen molar-refractivity contribution >= 4 is 23.1 Å². The van der Waals surface area contributed by atoms with Crippen molar-refractivity contribution in [2.75, 3.05) is 25.1 Å². The molecule has 0 radical (unpaired) electrons. The number of fused-ring (bicyclic) bond motifs is 1. The Morgan fingerprint density at radius 3 is 2.76 bits per heavy atom. The normalized spacial score (nSPS) is 19.2. The van der Waals surface area contributed by atoms with E-state index in [9.17, 15) is 14.7 Å². The molecule has 1 amide bonds. The number of Topliss-reactive ketones (excluding diaryl/α,β-unsaturated/α-hetero) is 1. The molecule has 3 aromatic rings. The number of aromatic nitrogens is 1. The Morgan fingerprint density at radius 1 is 1.15 bits per heavy atom. The van der Waals surface area contributed by atoms with Crippen LogP contribution in [0.1, 0.15) is 28.3 Å². The highest BCUT2D eigenvalue weighted by molar-refractivity contribution is 6.46. The molecule has 5 rings (SSSR count). The van der Waals surface area contributed by atoms with Crippen molar-refractivity contribution in [1.82, 2.24) is 9.88 Å². The van der Waals surface area contributed by atoms with E-state index in [0.29, 0.717) is 12.2 Å². The lowest BCUT2D eigenvalue weighted by Gasteiger charge is -2.28. The molecule has 2 aliphatic heterocycles. The zero-order chi connectivity index (χ0) is 23.8. The van der Waals surface area contributed by atoms with Crippen LogP contribution >= 0.6 is 0 Å². The number of amides is 1. The van der Waals surface area contributed by atoms with Gasteiger partial charge in [-0.05, 0) is 42.3 Å². The number of rotatable bonds is 4. The van der Waals surface area contributed by atoms with E-state index in [-0.39, 0.29) is 17.9 Å². The zero-order valence-corrected chi connectivity index (χ0v) is 19.1. The summed E-state index contributed by atoms with van der Waals surface area (Å²) in [6.07, 6.45) is 3.33. The van der Waals surface area contributed by atoms with Gasteiger partial charge in [-0.25, -0.2) is 0 Å². The van der Waals surface area contributed by atoms with Crippen LogP contribution in [0, 0.1) is 6.92 Å². The van der Waals surface area contributed by atoms with Crippen molar-refractivity contribution in [2.24, 2.45) is 0 Å². The Kier molecular flexibility index (Phi) is 5.53. The second kappa shape index (κ2) is 8.67. The van der Waals surface area contributed by atoms with Gasteiger partial charge >= 0.3 is 0 Å². The fourth-order valence-corrected chi connectivity index (χ4v) is 4.57. The SMILES string of the molecule is Cc1cccc(C2/C(=C(/O)c3ccc4c(c3)N(C)CCO4)C(=O)C(=O)N2Cc2cccnc2)c1. The number of benzene rings is 2. The van der Waals surface area contributed by atoms with Crippen LogP contribution in [-0.2, 0) is 16.1 Å². The highest BCUT2D eigenvalue weighted by Gasteiger charge is 2.46. The van der Waals surface area contributed by atoms with Crippen LogP contribution in [0.15, 0.2) is 72.6 Å². The summed E-state index contributed by atoms with van der Waals surface area (Å²) in [5.41, 5.74) is 3.94. The molecule has 1 atom stereocenters. The number of pyridine rings is 1. The van der Waals surface area contributed by atoms with Gasteiger partial charge in [0.1, 0.15) is 18.1 Å². The first-order valence-electron chi connectivity index (χ1n) is 11.2. The Morgan fingerprint density at radius 2 is 2.00 bits per heavy atom. The van der Waals surface area contributed by atoms with Crippen LogP contribution in [0.4, 0.5) is 5.69 Å². The first kappa shape index (κ1) is 21.7. The summed E-state index contributed by atoms with van der Waals surface area (Å²) >= 11 is 0. The van der Waals surface area contributed by atoms with Crippen molar-refractivity contribution in [3.8, 4) is 5.75 Å². The number of aryl methyl sites for hydroxylation is 1. The lowest BCUT2D eigenvalue weighted by atomic mass is 9.94. The molecule has 0 bridgehead atoms. The lowest BCUT2D eigenvalue weighted by Crippen LogP contribution is -2.29. The van der Waals surface area contributed by atoms with Gasteiger partial charge in [0.05, 0.1) is 23.8 Å². The van der Waals surface area contributed by atoms with Crippen molar-refractivity contribution in [3.05, 3.63) is 94.8 Å². The van der Waals surface area contributed by atoms with Gasteiger partial charge in [-0.15, -0.1) is 0 Å². The number of anilines is 1. The molecule has 2 aromatic carbocycles. The minimum atomic E-state index is -0.717. The second-order valence-corrected chi connectivity index (χ2v) is 8.65. The molecule has 0 saturated carbocycles. The minimum absolute atomic E-state index is 0.0822. The average Bonchev–Trinajstić information content (AvgIpc) is 3.09. The molecule has 3 heterocycles. The van der Waals surface area contributed by atoms with Gasteiger partial charge in [0.15, 0.2) is 0 Å². The molecule has 1 unspecified atom stereocenters. The maximum Gasteiger partial charge on any atom is 0.295 e. The molecular weight excluding hydrogens is 430 g/mol. The molecule has 1 aromatic heterocycles. The van der Waals surface area contributed by atoms with Crippen LogP contribution < -0.4 is 9.64 Å². The number of likely N-dealkylation sites (tertiary alicyclic amines) is 1. The van der Waals surface area contributed by atoms with Crippen molar-refractivity contribution in [2.45, 2.75) is 19.5 Å². The van der Waals surface area contributed by atoms with Gasteiger partial charge in [0.25, 0.3) is 11.7 Å². The molecule has 0 aliphatic carbocycles. The maximum absolute atomic E-state index is 13.3. The van der Waals surface area contributed by atoms with Crippen LogP contribution in [0.2, 0.25) is 0 Å². The molecule has 7 nitrogen and oxygen atoms in total. The Bertz CT molecular complexity index is 1300. The summed E-state index contributed by atoms with van der Waals surface area (Å²) in [4.78, 5) is 34.1. The first-order valence-corrected chi connectivity index (χ1v) is 11.2. The van der Waals surface area contributed by atoms with E-state index in [2.05, 4.69) is 4.98 Å². The number of carbonyl (C=O) groups excluding carboxylic acids is 2. The minimum Gasteiger partial charge on any atom is -0.507 e. The van der Waals surface area contributed by atoms with E-state index < -0.39 is 17.7 Å². The number of likely N-dealkylation sites (N-methyl/N-ethyl adjacent to an activating group) is 1. The standard InChI is InChI=1S/C27H25N3O4/c1-17-5-3-7-19(13-17)24-23(26(32)27(33)30(24)16-18-6-4-10-28-15-18)25(31)20-8-9-22-21(14-20)29(2)11-12-34-22/h3-10,13-15,24,31H,11-12,16H2,1-2H3/b25-23-. The van der Waals surface area contributed by atoms with Crippen molar-refractivity contribution < 1.29 is 19.4 Å². The number of aliphatic hydroxyl groups excluding tert-OH is 1. The fourth-order valence-electron chi connectivity index (χ4n) is 4.57. The van der Waals surface area contributed by atoms with E-state index in [1.165, 1.54) is 4.90 Å². The zero-order valence-electron chi connectivity index (χ0n) is 19.1. The predicted molar refractivity (Wildman–Crippen MR) is 128 cm³/mol. The van der Waals surface area contributed by atoms with Crippen LogP contribution in [0.3, 0.4) is 0 Å². The Hall–Kier alpha value is -4.13. The van der Waals surface area contributed by atoms with Crippen LogP contribution in [0.5, 0.6) is 5.75 Å². The molecule has 34 heavy (non-hydrogen) atoms. The summed E-state index contributed by atoms with van der Waals surface area (Å²) in [7, 11) is 1.95. The van der Waals surface area contributed by atoms with E-state index in [0.717, 1.165) is 34.7 Å². The van der Waals surface area contributed by atoms with Crippen molar-refractivity contribution in [1.29, 1.82) is 0 Å². The third-order valence-corrected chi connectivity index (χ3v) is 6.30. The molecular formula is C27H25N3O4. The van der Waals surface area contributed by atoms with Gasteiger partial charge < -0.3 is 19.6 Å². The predicted octanol–water partition coefficient (Wildman–Crippen LogP) is 3.84. The molecule has 1 N–H and O–H groups in total. The largest absolute Gasteiger partial charge is 0.507 e. The van der Waals surface area contributed by atoms with E-state index in [1.807, 2.05) is 49.2 Å². The van der Waals surface area contributed by atoms with E-state index in [1.54, 1.807) is 36.7 Å². The number of ether oxygens (including phenoxy) is 1. The summed E-state index contributed by atoms with van der Waals surface area (Å²) in [5.74, 6) is -0.816. The second-order valence-electron chi connectivity index (χ2n) is 8.65. The van der Waals surface area contributed by atoms with Gasteiger partial charge in [-0.3, -0.25) is 14.6 Å². The third kappa shape index (κ3) is 3.79. The summed E-state index contributed by atoms with van der Waals surface area (Å²) in [5, 5.41) is 11.4. The topological polar surface area (TPSA) is 83.0 Å². The van der Waals surface area contributed by atoms with E-state index in [4.69, 9.17) is 4.74 Å². The smallest absolute Gasteiger partial charge is 0.295 e. The van der Waals surface area contributed by atoms with Gasteiger partial charge in [0.2, 0.25) is 0 Å². The number of carbonyl (C=O) groups is 2. The quantitative estimate of drug-likeness (QED) is 0.366. The summed E-state index contributed by atoms with van der Waals surface area (Å²) in [6.45, 7) is 3.46. The average molecular weight is 456 g/mol. The summed E-state index contributed by atoms with van der Waals surface area (Å²) in [6, 6.07) is 15.9. The van der Waals surface area contributed by atoms with Crippen LogP contribution in [-0.4, -0.2) is 46.9 Å². The van der Waals surface area contributed by atoms with E-state index >= 15 is 0 Å². The number of hydrogen-bond donors (Lipinski definition) is 1. The van der Waals surface area contributed by atoms with Gasteiger partial charge in [-0.1, -0.05) is 35.9 Å². The molecule has 7 heteroatoms. The number of nitrogens with zero attached hydrogens (tertiary/aromatic N) is 3. The fraction of sp³-hybridized carbons (Fsp3) is 0.222. The molecule has 2 aliphatic rings. The highest BCUT2D eigenvalue weighted by Crippen LogP contribution is 2.42. The lowest BCUT2D eigenvalue weighted by molar-refractivity contribution is -0.140. The van der Waals surface area contributed by atoms with Crippen molar-refractivity contribution in [3.63, 3.8) is 0 Å². The van der Waals surface area contributed by atoms with Gasteiger partial charge in [0, 0.05) is 31.5 Å². The molecule has 172 valence electrons. The first-order chi connectivity index (χ1) is 16.4. The third-order valence-electron chi connectivity index (χ3n) is 6.30. The maximum atomic E-state index is 13.3. The summed E-state index contributed by atoms with van der Waals surface area (Å²) < 4.78 is 5.70. The Labute approximate surface area is 197 Å². The molecule has 0 spiro atoms. The molecule has 1 fully saturated rings.